The van der Waals surface area contributed by atoms with Gasteiger partial charge in [0.15, 0.2) is 0 Å². The van der Waals surface area contributed by atoms with Gasteiger partial charge in [0, 0.05) is 5.69 Å². The minimum absolute atomic E-state index is 0.0153. The Hall–Kier alpha value is -2.44. The van der Waals surface area contributed by atoms with Crippen molar-refractivity contribution in [1.29, 1.82) is 0 Å². The van der Waals surface area contributed by atoms with Crippen LogP contribution in [0.25, 0.3) is 0 Å². The van der Waals surface area contributed by atoms with Gasteiger partial charge in [-0.1, -0.05) is 18.2 Å². The van der Waals surface area contributed by atoms with Crippen LogP contribution in [0, 0.1) is 6.92 Å². The lowest BCUT2D eigenvalue weighted by Crippen LogP contribution is -2.07. The number of para-hydroxylation sites is 1. The maximum atomic E-state index is 12.0. The zero-order valence-corrected chi connectivity index (χ0v) is 14.7. The largest absolute Gasteiger partial charge is 0.418 e. The van der Waals surface area contributed by atoms with E-state index in [1.54, 1.807) is 6.92 Å². The molecule has 0 saturated heterocycles. The smallest absolute Gasteiger partial charge is 0.398 e. The summed E-state index contributed by atoms with van der Waals surface area (Å²) in [4.78, 5) is -0.391. The highest BCUT2D eigenvalue weighted by atomic mass is 32.2. The van der Waals surface area contributed by atoms with Crippen molar-refractivity contribution in [2.24, 2.45) is 4.36 Å². The minimum atomic E-state index is -4.34. The number of alkyl halides is 3. The highest BCUT2D eigenvalue weighted by molar-refractivity contribution is 7.85. The van der Waals surface area contributed by atoms with E-state index in [1.807, 2.05) is 0 Å². The van der Waals surface area contributed by atoms with Crippen LogP contribution in [0.4, 0.5) is 24.5 Å². The molecule has 0 radical (unpaired) electrons. The van der Waals surface area contributed by atoms with E-state index in [1.165, 1.54) is 24.3 Å². The third-order valence-electron chi connectivity index (χ3n) is 2.92. The molecule has 2 aromatic carbocycles. The second-order valence-electron chi connectivity index (χ2n) is 4.82. The molecule has 2 rings (SSSR count). The molecule has 0 aliphatic heterocycles. The van der Waals surface area contributed by atoms with Crippen LogP contribution >= 0.6 is 0 Å². The number of benzene rings is 2. The van der Waals surface area contributed by atoms with Crippen molar-refractivity contribution in [3.8, 4) is 0 Å². The fourth-order valence-corrected chi connectivity index (χ4v) is 2.54. The number of nitrogen functional groups attached to an aromatic ring is 1. The standard InChI is InChI=1S/C7H6F3N.C7H7NO5S2/c8-7(9,10)5-3-1-2-4-6(5)11;1-5-2-3-6(15(11,12)13)4-7(5)8-14(9)10/h1-4H,11H2;2-4H,1H3,(H,11,12,13). The summed E-state index contributed by atoms with van der Waals surface area (Å²) in [5.41, 5.74) is 4.55. The molecule has 26 heavy (non-hydrogen) atoms. The third kappa shape index (κ3) is 6.46. The topological polar surface area (TPSA) is 127 Å². The van der Waals surface area contributed by atoms with Gasteiger partial charge in [0.1, 0.15) is 0 Å². The molecule has 0 bridgehead atoms. The van der Waals surface area contributed by atoms with Crippen molar-refractivity contribution in [3.63, 3.8) is 0 Å². The van der Waals surface area contributed by atoms with Gasteiger partial charge in [-0.25, -0.2) is 0 Å². The molecule has 3 N–H and O–H groups in total. The van der Waals surface area contributed by atoms with Crippen LogP contribution in [0.5, 0.6) is 0 Å². The normalized spacial score (nSPS) is 11.3. The molecule has 0 aromatic heterocycles. The molecule has 0 saturated carbocycles. The Bertz CT molecular complexity index is 1020. The van der Waals surface area contributed by atoms with Gasteiger partial charge >= 0.3 is 16.7 Å². The molecule has 12 heteroatoms. The van der Waals surface area contributed by atoms with Gasteiger partial charge in [0.2, 0.25) is 0 Å². The summed E-state index contributed by atoms with van der Waals surface area (Å²) in [6.07, 6.45) is -4.34. The molecule has 142 valence electrons. The minimum Gasteiger partial charge on any atom is -0.398 e. The van der Waals surface area contributed by atoms with Crippen LogP contribution in [-0.2, 0) is 26.8 Å². The molecule has 0 heterocycles. The molecule has 0 aliphatic carbocycles. The Kier molecular flexibility index (Phi) is 6.89. The van der Waals surface area contributed by atoms with Gasteiger partial charge in [-0.2, -0.15) is 30.0 Å². The molecule has 0 amide bonds. The monoisotopic (exact) mass is 410 g/mol. The Morgan fingerprint density at radius 2 is 1.69 bits per heavy atom. The van der Waals surface area contributed by atoms with Crippen molar-refractivity contribution < 1.29 is 34.6 Å². The van der Waals surface area contributed by atoms with Crippen molar-refractivity contribution >= 4 is 32.0 Å². The van der Waals surface area contributed by atoms with E-state index < -0.39 is 37.3 Å². The van der Waals surface area contributed by atoms with Crippen molar-refractivity contribution in [2.75, 3.05) is 5.73 Å². The molecular formula is C14H13F3N2O5S2. The zero-order valence-electron chi connectivity index (χ0n) is 13.1. The number of anilines is 1. The first kappa shape index (κ1) is 21.6. The number of nitrogens with two attached hydrogens (primary N) is 1. The average Bonchev–Trinajstić information content (AvgIpc) is 2.48. The van der Waals surface area contributed by atoms with E-state index in [2.05, 4.69) is 4.36 Å². The number of nitrogens with zero attached hydrogens (tertiary/aromatic N) is 1. The summed E-state index contributed by atoms with van der Waals surface area (Å²) in [6, 6.07) is 8.45. The van der Waals surface area contributed by atoms with E-state index >= 15 is 0 Å². The lowest BCUT2D eigenvalue weighted by atomic mass is 10.2. The van der Waals surface area contributed by atoms with E-state index in [0.29, 0.717) is 5.56 Å². The fourth-order valence-electron chi connectivity index (χ4n) is 1.68. The van der Waals surface area contributed by atoms with E-state index in [4.69, 9.17) is 10.3 Å². The van der Waals surface area contributed by atoms with Crippen LogP contribution in [-0.4, -0.2) is 21.4 Å². The van der Waals surface area contributed by atoms with Gasteiger partial charge in [-0.15, -0.1) is 4.36 Å². The second-order valence-corrected chi connectivity index (χ2v) is 6.86. The van der Waals surface area contributed by atoms with Crippen molar-refractivity contribution in [1.82, 2.24) is 0 Å². The molecule has 0 unspecified atom stereocenters. The maximum Gasteiger partial charge on any atom is 0.418 e. The van der Waals surface area contributed by atoms with E-state index in [9.17, 15) is 30.0 Å². The number of hydrogen-bond acceptors (Lipinski definition) is 6. The van der Waals surface area contributed by atoms with Crippen LogP contribution in [0.2, 0.25) is 0 Å². The number of rotatable bonds is 2. The molecule has 7 nitrogen and oxygen atoms in total. The van der Waals surface area contributed by atoms with Gasteiger partial charge in [0.25, 0.3) is 10.1 Å². The summed E-state index contributed by atoms with van der Waals surface area (Å²) in [7, 11) is -7.00. The highest BCUT2D eigenvalue weighted by Gasteiger charge is 2.32. The van der Waals surface area contributed by atoms with Gasteiger partial charge in [0.05, 0.1) is 16.1 Å². The molecule has 0 aliphatic rings. The molecule has 0 fully saturated rings. The average molecular weight is 410 g/mol. The van der Waals surface area contributed by atoms with Crippen LogP contribution < -0.4 is 5.73 Å². The lowest BCUT2D eigenvalue weighted by Gasteiger charge is -2.07. The SMILES string of the molecule is Cc1ccc(S(=O)(=O)O)cc1N=S(=O)=O.Nc1ccccc1C(F)(F)F. The van der Waals surface area contributed by atoms with Gasteiger partial charge < -0.3 is 5.73 Å². The predicted octanol–water partition coefficient (Wildman–Crippen LogP) is 3.22. The molecular weight excluding hydrogens is 397 g/mol. The van der Waals surface area contributed by atoms with Gasteiger partial charge in [-0.05, 0) is 36.8 Å². The fraction of sp³-hybridized carbons (Fsp3) is 0.143. The molecule has 0 atom stereocenters. The Balaban J connectivity index is 0.000000273. The molecule has 2 aromatic rings. The summed E-state index contributed by atoms with van der Waals surface area (Å²) in [5, 5.41) is 0. The highest BCUT2D eigenvalue weighted by Crippen LogP contribution is 2.32. The van der Waals surface area contributed by atoms with Crippen LogP contribution in [0.15, 0.2) is 51.7 Å². The van der Waals surface area contributed by atoms with Crippen LogP contribution in [0.3, 0.4) is 0 Å². The first-order valence-electron chi connectivity index (χ1n) is 6.63. The summed E-state index contributed by atoms with van der Waals surface area (Å²) in [5.74, 6) is 0. The second kappa shape index (κ2) is 8.29. The van der Waals surface area contributed by atoms with Crippen molar-refractivity contribution in [2.45, 2.75) is 18.0 Å². The number of halogens is 3. The van der Waals surface area contributed by atoms with E-state index in [0.717, 1.165) is 18.2 Å². The number of aryl methyl sites for hydroxylation is 1. The Morgan fingerprint density at radius 1 is 1.12 bits per heavy atom. The first-order chi connectivity index (χ1) is 11.8. The first-order valence-corrected chi connectivity index (χ1v) is 9.10. The van der Waals surface area contributed by atoms with Crippen LogP contribution in [0.1, 0.15) is 11.1 Å². The van der Waals surface area contributed by atoms with E-state index in [-0.39, 0.29) is 11.4 Å². The third-order valence-corrected chi connectivity index (χ3v) is 4.11. The predicted molar refractivity (Wildman–Crippen MR) is 87.9 cm³/mol. The van der Waals surface area contributed by atoms with Crippen molar-refractivity contribution in [3.05, 3.63) is 53.6 Å². The number of hydrogen-bond donors (Lipinski definition) is 2. The Morgan fingerprint density at radius 3 is 2.12 bits per heavy atom. The summed E-state index contributed by atoms with van der Waals surface area (Å²) in [6.45, 7) is 1.57. The Labute approximate surface area is 148 Å². The van der Waals surface area contributed by atoms with Gasteiger partial charge in [-0.3, -0.25) is 4.55 Å². The summed E-state index contributed by atoms with van der Waals surface area (Å²) >= 11 is 0. The summed E-state index contributed by atoms with van der Waals surface area (Å²) < 4.78 is 89.9. The lowest BCUT2D eigenvalue weighted by molar-refractivity contribution is -0.136. The zero-order chi connectivity index (χ0) is 20.1. The maximum absolute atomic E-state index is 12.0. The molecule has 0 spiro atoms. The quantitative estimate of drug-likeness (QED) is 0.578.